The minimum Gasteiger partial charge on any atom is -0.398 e. The van der Waals surface area contributed by atoms with Crippen LogP contribution in [0.5, 0.6) is 0 Å². The predicted molar refractivity (Wildman–Crippen MR) is 82.0 cm³/mol. The Bertz CT molecular complexity index is 540. The molecule has 1 nitrogen and oxygen atoms in total. The minimum absolute atomic E-state index is 0.746. The number of nitrogens with two attached hydrogens (primary N) is 1. The summed E-state index contributed by atoms with van der Waals surface area (Å²) < 4.78 is 0. The average molecular weight is 278 g/mol. The number of hydrogen-bond acceptors (Lipinski definition) is 2. The van der Waals surface area contributed by atoms with Crippen molar-refractivity contribution in [1.82, 2.24) is 0 Å². The van der Waals surface area contributed by atoms with E-state index in [2.05, 4.69) is 31.2 Å². The summed E-state index contributed by atoms with van der Waals surface area (Å²) in [7, 11) is 0. The summed E-state index contributed by atoms with van der Waals surface area (Å²) >= 11 is 7.82. The van der Waals surface area contributed by atoms with Gasteiger partial charge < -0.3 is 5.73 Å². The summed E-state index contributed by atoms with van der Waals surface area (Å²) in [6, 6.07) is 14.2. The van der Waals surface area contributed by atoms with Crippen molar-refractivity contribution in [3.63, 3.8) is 0 Å². The summed E-state index contributed by atoms with van der Waals surface area (Å²) in [6.07, 6.45) is 0. The summed E-state index contributed by atoms with van der Waals surface area (Å²) in [4.78, 5) is 0. The van der Waals surface area contributed by atoms with Gasteiger partial charge in [0.1, 0.15) is 0 Å². The van der Waals surface area contributed by atoms with Crippen LogP contribution in [0.1, 0.15) is 16.7 Å². The minimum atomic E-state index is 0.746. The van der Waals surface area contributed by atoms with Gasteiger partial charge in [0, 0.05) is 22.2 Å². The van der Waals surface area contributed by atoms with Gasteiger partial charge in [-0.25, -0.2) is 0 Å². The molecule has 0 aliphatic rings. The highest BCUT2D eigenvalue weighted by atomic mass is 35.5. The lowest BCUT2D eigenvalue weighted by Crippen LogP contribution is -1.92. The molecule has 2 aromatic rings. The quantitative estimate of drug-likeness (QED) is 0.822. The highest BCUT2D eigenvalue weighted by Gasteiger charge is 2.01. The Labute approximate surface area is 117 Å². The second-order valence-corrected chi connectivity index (χ2v) is 5.75. The van der Waals surface area contributed by atoms with E-state index in [-0.39, 0.29) is 0 Å². The summed E-state index contributed by atoms with van der Waals surface area (Å²) in [6.45, 7) is 2.11. The topological polar surface area (TPSA) is 26.0 Å². The third-order valence-electron chi connectivity index (χ3n) is 2.71. The van der Waals surface area contributed by atoms with Gasteiger partial charge in [-0.1, -0.05) is 41.4 Å². The molecular formula is C15H16ClNS. The van der Waals surface area contributed by atoms with Gasteiger partial charge in [-0.05, 0) is 36.2 Å². The number of benzene rings is 2. The molecule has 3 heteroatoms. The second-order valence-electron chi connectivity index (χ2n) is 4.32. The normalized spacial score (nSPS) is 10.6. The van der Waals surface area contributed by atoms with Crippen molar-refractivity contribution in [3.8, 4) is 0 Å². The first-order valence-electron chi connectivity index (χ1n) is 5.82. The molecule has 0 fully saturated rings. The van der Waals surface area contributed by atoms with Crippen LogP contribution in [0.25, 0.3) is 0 Å². The zero-order chi connectivity index (χ0) is 13.0. The molecule has 0 bridgehead atoms. The first kappa shape index (κ1) is 13.3. The van der Waals surface area contributed by atoms with Crippen molar-refractivity contribution in [2.75, 3.05) is 5.73 Å². The van der Waals surface area contributed by atoms with E-state index in [1.807, 2.05) is 30.0 Å². The Hall–Kier alpha value is -1.12. The molecule has 0 aromatic heterocycles. The zero-order valence-electron chi connectivity index (χ0n) is 10.3. The first-order valence-corrected chi connectivity index (χ1v) is 7.35. The van der Waals surface area contributed by atoms with E-state index in [9.17, 15) is 0 Å². The van der Waals surface area contributed by atoms with Crippen LogP contribution in [0.4, 0.5) is 5.69 Å². The Morgan fingerprint density at radius 2 is 1.94 bits per heavy atom. The van der Waals surface area contributed by atoms with E-state index < -0.39 is 0 Å². The largest absolute Gasteiger partial charge is 0.398 e. The van der Waals surface area contributed by atoms with E-state index in [0.29, 0.717) is 0 Å². The van der Waals surface area contributed by atoms with Crippen molar-refractivity contribution in [2.45, 2.75) is 18.4 Å². The Balaban J connectivity index is 1.94. The highest BCUT2D eigenvalue weighted by Crippen LogP contribution is 2.24. The molecular weight excluding hydrogens is 262 g/mol. The average Bonchev–Trinajstić information content (AvgIpc) is 2.34. The van der Waals surface area contributed by atoms with Gasteiger partial charge in [-0.2, -0.15) is 11.8 Å². The third-order valence-corrected chi connectivity index (χ3v) is 4.00. The van der Waals surface area contributed by atoms with Crippen LogP contribution in [0, 0.1) is 6.92 Å². The second kappa shape index (κ2) is 6.17. The van der Waals surface area contributed by atoms with Gasteiger partial charge in [0.25, 0.3) is 0 Å². The van der Waals surface area contributed by atoms with Gasteiger partial charge in [-0.3, -0.25) is 0 Å². The van der Waals surface area contributed by atoms with E-state index in [4.69, 9.17) is 17.3 Å². The third kappa shape index (κ3) is 3.69. The molecule has 18 heavy (non-hydrogen) atoms. The molecule has 2 aromatic carbocycles. The van der Waals surface area contributed by atoms with Crippen LogP contribution < -0.4 is 5.73 Å². The molecule has 0 unspecified atom stereocenters. The lowest BCUT2D eigenvalue weighted by atomic mass is 10.2. The smallest absolute Gasteiger partial charge is 0.0410 e. The Morgan fingerprint density at radius 1 is 1.11 bits per heavy atom. The number of anilines is 1. The monoisotopic (exact) mass is 277 g/mol. The van der Waals surface area contributed by atoms with Crippen LogP contribution in [0.3, 0.4) is 0 Å². The highest BCUT2D eigenvalue weighted by molar-refractivity contribution is 7.97. The maximum atomic E-state index is 5.97. The van der Waals surface area contributed by atoms with E-state index >= 15 is 0 Å². The van der Waals surface area contributed by atoms with E-state index in [1.165, 1.54) is 11.1 Å². The predicted octanol–water partition coefficient (Wildman–Crippen LogP) is 4.66. The van der Waals surface area contributed by atoms with E-state index in [1.54, 1.807) is 0 Å². The number of nitrogen functional groups attached to an aromatic ring is 1. The van der Waals surface area contributed by atoms with E-state index in [0.717, 1.165) is 27.8 Å². The standard InChI is InChI=1S/C15H16ClNS/c1-11-3-2-4-12(7-11)9-18-10-13-8-14(16)5-6-15(13)17/h2-8H,9-10,17H2,1H3. The molecule has 0 atom stereocenters. The molecule has 0 saturated heterocycles. The fourth-order valence-corrected chi connectivity index (χ4v) is 2.96. The van der Waals surface area contributed by atoms with Crippen LogP contribution in [0.2, 0.25) is 5.02 Å². The van der Waals surface area contributed by atoms with Crippen molar-refractivity contribution in [1.29, 1.82) is 0 Å². The maximum absolute atomic E-state index is 5.97. The van der Waals surface area contributed by atoms with Crippen LogP contribution in [0.15, 0.2) is 42.5 Å². The molecule has 94 valence electrons. The molecule has 0 aliphatic carbocycles. The van der Waals surface area contributed by atoms with Crippen molar-refractivity contribution >= 4 is 29.1 Å². The molecule has 2 N–H and O–H groups in total. The van der Waals surface area contributed by atoms with Crippen LogP contribution in [-0.2, 0) is 11.5 Å². The summed E-state index contributed by atoms with van der Waals surface area (Å²) in [5.41, 5.74) is 10.5. The Kier molecular flexibility index (Phi) is 4.56. The molecule has 0 radical (unpaired) electrons. The molecule has 2 rings (SSSR count). The van der Waals surface area contributed by atoms with Crippen molar-refractivity contribution in [3.05, 3.63) is 64.2 Å². The van der Waals surface area contributed by atoms with Crippen molar-refractivity contribution in [2.24, 2.45) is 0 Å². The molecule has 0 amide bonds. The van der Waals surface area contributed by atoms with Gasteiger partial charge in [-0.15, -0.1) is 0 Å². The first-order chi connectivity index (χ1) is 8.65. The number of aryl methyl sites for hydroxylation is 1. The summed E-state index contributed by atoms with van der Waals surface area (Å²) in [5.74, 6) is 1.88. The lowest BCUT2D eigenvalue weighted by molar-refractivity contribution is 1.33. The Morgan fingerprint density at radius 3 is 2.72 bits per heavy atom. The molecule has 0 spiro atoms. The van der Waals surface area contributed by atoms with Crippen LogP contribution >= 0.6 is 23.4 Å². The van der Waals surface area contributed by atoms with Gasteiger partial charge in [0.15, 0.2) is 0 Å². The molecule has 0 heterocycles. The zero-order valence-corrected chi connectivity index (χ0v) is 11.9. The van der Waals surface area contributed by atoms with Gasteiger partial charge in [0.05, 0.1) is 0 Å². The summed E-state index contributed by atoms with van der Waals surface area (Å²) in [5, 5.41) is 0.746. The fourth-order valence-electron chi connectivity index (χ4n) is 1.78. The number of rotatable bonds is 4. The molecule has 0 aliphatic heterocycles. The number of hydrogen-bond donors (Lipinski definition) is 1. The van der Waals surface area contributed by atoms with Crippen molar-refractivity contribution < 1.29 is 0 Å². The number of halogens is 1. The molecule has 0 saturated carbocycles. The maximum Gasteiger partial charge on any atom is 0.0410 e. The lowest BCUT2D eigenvalue weighted by Gasteiger charge is -2.06. The number of thioether (sulfide) groups is 1. The fraction of sp³-hybridized carbons (Fsp3) is 0.200. The van der Waals surface area contributed by atoms with Gasteiger partial charge in [0.2, 0.25) is 0 Å². The SMILES string of the molecule is Cc1cccc(CSCc2cc(Cl)ccc2N)c1. The van der Waals surface area contributed by atoms with Crippen LogP contribution in [-0.4, -0.2) is 0 Å². The van der Waals surface area contributed by atoms with Gasteiger partial charge >= 0.3 is 0 Å².